The Morgan fingerprint density at radius 3 is 3.27 bits per heavy atom. The van der Waals surface area contributed by atoms with Gasteiger partial charge in [0, 0.05) is 31.1 Å². The molecular formula is C16H21N3O2S. The van der Waals surface area contributed by atoms with Gasteiger partial charge in [0.1, 0.15) is 5.76 Å². The quantitative estimate of drug-likeness (QED) is 0.887. The van der Waals surface area contributed by atoms with E-state index in [0.717, 1.165) is 49.7 Å². The lowest BCUT2D eigenvalue weighted by Crippen LogP contribution is -2.43. The Labute approximate surface area is 134 Å². The first kappa shape index (κ1) is 15.2. The van der Waals surface area contributed by atoms with Crippen LogP contribution in [0.25, 0.3) is 0 Å². The second-order valence-electron chi connectivity index (χ2n) is 5.62. The zero-order chi connectivity index (χ0) is 15.2. The number of nitrogens with one attached hydrogen (secondary N) is 1. The van der Waals surface area contributed by atoms with Gasteiger partial charge in [-0.25, -0.2) is 4.98 Å². The Hall–Kier alpha value is -1.66. The van der Waals surface area contributed by atoms with Crippen LogP contribution in [0, 0.1) is 5.92 Å². The van der Waals surface area contributed by atoms with E-state index in [2.05, 4.69) is 15.2 Å². The number of amides is 1. The molecule has 118 valence electrons. The maximum Gasteiger partial charge on any atom is 0.224 e. The van der Waals surface area contributed by atoms with Crippen molar-refractivity contribution in [2.24, 2.45) is 5.92 Å². The lowest BCUT2D eigenvalue weighted by atomic mass is 9.97. The molecule has 2 aromatic rings. The molecule has 0 spiro atoms. The van der Waals surface area contributed by atoms with Crippen LogP contribution >= 0.6 is 11.3 Å². The molecule has 0 radical (unpaired) electrons. The molecule has 1 aliphatic rings. The van der Waals surface area contributed by atoms with Crippen molar-refractivity contribution in [3.8, 4) is 0 Å². The minimum Gasteiger partial charge on any atom is -0.468 e. The molecule has 22 heavy (non-hydrogen) atoms. The molecule has 2 aromatic heterocycles. The fourth-order valence-corrected chi connectivity index (χ4v) is 3.47. The van der Waals surface area contributed by atoms with E-state index in [0.29, 0.717) is 6.54 Å². The molecule has 1 aliphatic heterocycles. The van der Waals surface area contributed by atoms with Crippen LogP contribution in [-0.4, -0.2) is 35.4 Å². The third-order valence-corrected chi connectivity index (χ3v) is 4.80. The van der Waals surface area contributed by atoms with E-state index in [9.17, 15) is 4.79 Å². The summed E-state index contributed by atoms with van der Waals surface area (Å²) in [6.07, 6.45) is 6.34. The number of furan rings is 1. The molecule has 3 rings (SSSR count). The molecule has 1 N–H and O–H groups in total. The first-order chi connectivity index (χ1) is 10.8. The molecular weight excluding hydrogens is 298 g/mol. The third-order valence-electron chi connectivity index (χ3n) is 3.96. The second-order valence-corrected chi connectivity index (χ2v) is 6.60. The molecule has 0 bridgehead atoms. The van der Waals surface area contributed by atoms with E-state index < -0.39 is 0 Å². The van der Waals surface area contributed by atoms with Gasteiger partial charge in [0.15, 0.2) is 0 Å². The minimum absolute atomic E-state index is 0.0833. The Morgan fingerprint density at radius 1 is 1.55 bits per heavy atom. The topological polar surface area (TPSA) is 58.4 Å². The first-order valence-electron chi connectivity index (χ1n) is 7.72. The van der Waals surface area contributed by atoms with Crippen molar-refractivity contribution in [3.05, 3.63) is 40.7 Å². The lowest BCUT2D eigenvalue weighted by Gasteiger charge is -2.31. The van der Waals surface area contributed by atoms with Crippen LogP contribution in [0.3, 0.4) is 0 Å². The van der Waals surface area contributed by atoms with Crippen molar-refractivity contribution in [1.82, 2.24) is 15.2 Å². The zero-order valence-electron chi connectivity index (χ0n) is 12.5. The van der Waals surface area contributed by atoms with E-state index in [1.807, 2.05) is 17.5 Å². The van der Waals surface area contributed by atoms with Crippen LogP contribution in [-0.2, 0) is 17.8 Å². The largest absolute Gasteiger partial charge is 0.468 e. The highest BCUT2D eigenvalue weighted by molar-refractivity contribution is 7.09. The number of likely N-dealkylation sites (tertiary alicyclic amines) is 1. The fourth-order valence-electron chi connectivity index (χ4n) is 2.85. The smallest absolute Gasteiger partial charge is 0.224 e. The average molecular weight is 319 g/mol. The molecule has 0 aliphatic carbocycles. The SMILES string of the molecule is O=C(NCCc1nccs1)[C@H]1CCCN(Cc2ccco2)C1. The number of hydrogen-bond acceptors (Lipinski definition) is 5. The summed E-state index contributed by atoms with van der Waals surface area (Å²) in [7, 11) is 0. The summed E-state index contributed by atoms with van der Waals surface area (Å²) in [5.74, 6) is 1.21. The van der Waals surface area contributed by atoms with Crippen molar-refractivity contribution < 1.29 is 9.21 Å². The van der Waals surface area contributed by atoms with Crippen LogP contribution in [0.15, 0.2) is 34.4 Å². The van der Waals surface area contributed by atoms with Gasteiger partial charge in [0.2, 0.25) is 5.91 Å². The number of thiazole rings is 1. The minimum atomic E-state index is 0.0833. The summed E-state index contributed by atoms with van der Waals surface area (Å²) >= 11 is 1.63. The summed E-state index contributed by atoms with van der Waals surface area (Å²) in [4.78, 5) is 18.8. The third kappa shape index (κ3) is 4.18. The van der Waals surface area contributed by atoms with Crippen molar-refractivity contribution in [2.75, 3.05) is 19.6 Å². The van der Waals surface area contributed by atoms with E-state index in [4.69, 9.17) is 4.42 Å². The van der Waals surface area contributed by atoms with Gasteiger partial charge in [-0.15, -0.1) is 11.3 Å². The number of rotatable bonds is 6. The number of carbonyl (C=O) groups is 1. The van der Waals surface area contributed by atoms with Gasteiger partial charge in [0.25, 0.3) is 0 Å². The number of nitrogens with zero attached hydrogens (tertiary/aromatic N) is 2. The van der Waals surface area contributed by atoms with Gasteiger partial charge in [-0.1, -0.05) is 0 Å². The molecule has 1 fully saturated rings. The first-order valence-corrected chi connectivity index (χ1v) is 8.60. The number of piperidine rings is 1. The van der Waals surface area contributed by atoms with Gasteiger partial charge in [-0.2, -0.15) is 0 Å². The van der Waals surface area contributed by atoms with Crippen molar-refractivity contribution in [1.29, 1.82) is 0 Å². The normalized spacial score (nSPS) is 19.2. The van der Waals surface area contributed by atoms with Crippen molar-refractivity contribution in [2.45, 2.75) is 25.8 Å². The monoisotopic (exact) mass is 319 g/mol. The maximum absolute atomic E-state index is 12.3. The molecule has 0 unspecified atom stereocenters. The van der Waals surface area contributed by atoms with Gasteiger partial charge in [-0.3, -0.25) is 9.69 Å². The van der Waals surface area contributed by atoms with Crippen molar-refractivity contribution in [3.63, 3.8) is 0 Å². The number of hydrogen-bond donors (Lipinski definition) is 1. The summed E-state index contributed by atoms with van der Waals surface area (Å²) in [6.45, 7) is 3.30. The highest BCUT2D eigenvalue weighted by atomic mass is 32.1. The lowest BCUT2D eigenvalue weighted by molar-refractivity contribution is -0.126. The molecule has 0 aromatic carbocycles. The number of carbonyl (C=O) groups excluding carboxylic acids is 1. The summed E-state index contributed by atoms with van der Waals surface area (Å²) in [5, 5.41) is 6.08. The summed E-state index contributed by atoms with van der Waals surface area (Å²) in [5.41, 5.74) is 0. The Kier molecular flexibility index (Phi) is 5.24. The predicted molar refractivity (Wildman–Crippen MR) is 85.5 cm³/mol. The average Bonchev–Trinajstić information content (AvgIpc) is 3.21. The molecule has 6 heteroatoms. The highest BCUT2D eigenvalue weighted by Crippen LogP contribution is 2.19. The van der Waals surface area contributed by atoms with Crippen LogP contribution in [0.1, 0.15) is 23.6 Å². The summed E-state index contributed by atoms with van der Waals surface area (Å²) < 4.78 is 5.39. The number of aromatic nitrogens is 1. The van der Waals surface area contributed by atoms with Crippen molar-refractivity contribution >= 4 is 17.2 Å². The standard InChI is InChI=1S/C16H21N3O2S/c20-16(18-6-5-15-17-7-10-22-15)13-3-1-8-19(11-13)12-14-4-2-9-21-14/h2,4,7,9-10,13H,1,3,5-6,8,11-12H2,(H,18,20)/t13-/m0/s1. The van der Waals surface area contributed by atoms with Crippen LogP contribution < -0.4 is 5.32 Å². The second kappa shape index (κ2) is 7.56. The van der Waals surface area contributed by atoms with E-state index in [1.54, 1.807) is 23.8 Å². The molecule has 5 nitrogen and oxygen atoms in total. The highest BCUT2D eigenvalue weighted by Gasteiger charge is 2.25. The predicted octanol–water partition coefficient (Wildman–Crippen LogP) is 2.31. The van der Waals surface area contributed by atoms with Gasteiger partial charge in [0.05, 0.1) is 23.7 Å². The Morgan fingerprint density at radius 2 is 2.50 bits per heavy atom. The fraction of sp³-hybridized carbons (Fsp3) is 0.500. The van der Waals surface area contributed by atoms with E-state index in [-0.39, 0.29) is 11.8 Å². The molecule has 1 amide bonds. The van der Waals surface area contributed by atoms with Crippen LogP contribution in [0.4, 0.5) is 0 Å². The summed E-state index contributed by atoms with van der Waals surface area (Å²) in [6, 6.07) is 3.89. The molecule has 1 atom stereocenters. The Balaban J connectivity index is 1.43. The maximum atomic E-state index is 12.3. The van der Waals surface area contributed by atoms with Crippen LogP contribution in [0.2, 0.25) is 0 Å². The van der Waals surface area contributed by atoms with E-state index in [1.165, 1.54) is 0 Å². The van der Waals surface area contributed by atoms with Gasteiger partial charge in [-0.05, 0) is 31.5 Å². The molecule has 1 saturated heterocycles. The molecule has 0 saturated carbocycles. The molecule has 3 heterocycles. The van der Waals surface area contributed by atoms with Gasteiger partial charge >= 0.3 is 0 Å². The van der Waals surface area contributed by atoms with Crippen LogP contribution in [0.5, 0.6) is 0 Å². The van der Waals surface area contributed by atoms with E-state index >= 15 is 0 Å². The zero-order valence-corrected chi connectivity index (χ0v) is 13.3. The van der Waals surface area contributed by atoms with Gasteiger partial charge < -0.3 is 9.73 Å². The Bertz CT molecular complexity index is 568.